The van der Waals surface area contributed by atoms with Crippen LogP contribution in [0.4, 0.5) is 0 Å². The molecule has 5 heteroatoms. The van der Waals surface area contributed by atoms with Crippen molar-refractivity contribution in [2.75, 3.05) is 0 Å². The summed E-state index contributed by atoms with van der Waals surface area (Å²) in [7, 11) is 0. The molecule has 0 aliphatic rings. The molecule has 0 atom stereocenters. The molecule has 0 fully saturated rings. The van der Waals surface area contributed by atoms with Crippen molar-refractivity contribution in [3.63, 3.8) is 0 Å². The first-order valence-corrected chi connectivity index (χ1v) is 4.35. The maximum atomic E-state index is 11.1. The van der Waals surface area contributed by atoms with Gasteiger partial charge in [-0.2, -0.15) is 0 Å². The third kappa shape index (κ3) is 2.63. The van der Waals surface area contributed by atoms with Crippen LogP contribution in [0.3, 0.4) is 0 Å². The number of aldehydes is 1. The SMILES string of the molecule is O=Cc1cc(Br)cc(Br)c1[O-].[Li+]. The van der Waals surface area contributed by atoms with Gasteiger partial charge in [-0.1, -0.05) is 37.6 Å². The van der Waals surface area contributed by atoms with E-state index < -0.39 is 0 Å². The second kappa shape index (κ2) is 5.08. The van der Waals surface area contributed by atoms with Crippen LogP contribution in [0, 0.1) is 0 Å². The number of benzene rings is 1. The molecule has 0 spiro atoms. The van der Waals surface area contributed by atoms with E-state index in [1.165, 1.54) is 6.07 Å². The zero-order valence-corrected chi connectivity index (χ0v) is 9.48. The van der Waals surface area contributed by atoms with Crippen molar-refractivity contribution in [2.24, 2.45) is 0 Å². The molecule has 12 heavy (non-hydrogen) atoms. The average molecular weight is 286 g/mol. The van der Waals surface area contributed by atoms with Crippen molar-refractivity contribution >= 4 is 38.1 Å². The van der Waals surface area contributed by atoms with Crippen molar-refractivity contribution in [3.8, 4) is 5.75 Å². The van der Waals surface area contributed by atoms with E-state index in [4.69, 9.17) is 0 Å². The van der Waals surface area contributed by atoms with E-state index in [1.54, 1.807) is 6.07 Å². The normalized spacial score (nSPS) is 8.83. The largest absolute Gasteiger partial charge is 1.00 e. The Morgan fingerprint density at radius 1 is 1.33 bits per heavy atom. The van der Waals surface area contributed by atoms with Gasteiger partial charge in [-0.05, 0) is 12.1 Å². The number of hydrogen-bond donors (Lipinski definition) is 0. The molecule has 0 aromatic heterocycles. The molecule has 0 heterocycles. The molecule has 0 amide bonds. The molecule has 1 aromatic rings. The topological polar surface area (TPSA) is 40.1 Å². The number of carbonyl (C=O) groups is 1. The van der Waals surface area contributed by atoms with Gasteiger partial charge in [0, 0.05) is 14.5 Å². The Morgan fingerprint density at radius 2 is 1.92 bits per heavy atom. The molecular weight excluding hydrogens is 283 g/mol. The van der Waals surface area contributed by atoms with E-state index in [-0.39, 0.29) is 30.2 Å². The van der Waals surface area contributed by atoms with Gasteiger partial charge < -0.3 is 5.11 Å². The van der Waals surface area contributed by atoms with Crippen LogP contribution in [-0.4, -0.2) is 6.29 Å². The molecule has 0 N–H and O–H groups in total. The third-order valence-electron chi connectivity index (χ3n) is 1.16. The van der Waals surface area contributed by atoms with E-state index in [0.717, 1.165) is 0 Å². The molecule has 1 aromatic carbocycles. The van der Waals surface area contributed by atoms with Crippen LogP contribution in [0.1, 0.15) is 10.4 Å². The van der Waals surface area contributed by atoms with Gasteiger partial charge in [0.1, 0.15) is 6.29 Å². The minimum Gasteiger partial charge on any atom is -0.871 e. The van der Waals surface area contributed by atoms with Crippen LogP contribution in [-0.2, 0) is 0 Å². The summed E-state index contributed by atoms with van der Waals surface area (Å²) in [6, 6.07) is 3.09. The molecule has 0 aliphatic carbocycles. The zero-order valence-electron chi connectivity index (χ0n) is 6.30. The molecule has 0 aliphatic heterocycles. The minimum atomic E-state index is -0.275. The Hall–Kier alpha value is 0.247. The first-order valence-electron chi connectivity index (χ1n) is 2.76. The number of rotatable bonds is 1. The van der Waals surface area contributed by atoms with Gasteiger partial charge >= 0.3 is 18.9 Å². The second-order valence-corrected chi connectivity index (χ2v) is 3.69. The number of carbonyl (C=O) groups excluding carboxylic acids is 1. The Kier molecular flexibility index (Phi) is 5.19. The summed E-state index contributed by atoms with van der Waals surface area (Å²) in [6.07, 6.45) is 0.540. The standard InChI is InChI=1S/C7H4Br2O2.Li/c8-5-1-4(3-10)7(11)6(9)2-5;/h1-3,11H;/q;+1/p-1. The number of halogens is 2. The summed E-state index contributed by atoms with van der Waals surface area (Å²) in [4.78, 5) is 10.3. The number of hydrogen-bond acceptors (Lipinski definition) is 2. The van der Waals surface area contributed by atoms with E-state index >= 15 is 0 Å². The zero-order chi connectivity index (χ0) is 8.43. The smallest absolute Gasteiger partial charge is 0.871 e. The molecule has 1 rings (SSSR count). The fourth-order valence-corrected chi connectivity index (χ4v) is 1.93. The van der Waals surface area contributed by atoms with Gasteiger partial charge in [-0.25, -0.2) is 0 Å². The van der Waals surface area contributed by atoms with Crippen LogP contribution in [0.2, 0.25) is 0 Å². The molecule has 0 saturated heterocycles. The van der Waals surface area contributed by atoms with E-state index in [9.17, 15) is 9.90 Å². The predicted molar refractivity (Wildman–Crippen MR) is 46.7 cm³/mol. The third-order valence-corrected chi connectivity index (χ3v) is 2.21. The van der Waals surface area contributed by atoms with E-state index in [1.807, 2.05) is 0 Å². The molecular formula is C7H3Br2LiO2. The average Bonchev–Trinajstić information content (AvgIpc) is 1.96. The van der Waals surface area contributed by atoms with Crippen molar-refractivity contribution in [3.05, 3.63) is 26.6 Å². The van der Waals surface area contributed by atoms with Crippen LogP contribution >= 0.6 is 31.9 Å². The van der Waals surface area contributed by atoms with Gasteiger partial charge in [0.25, 0.3) is 0 Å². The molecule has 0 unspecified atom stereocenters. The second-order valence-electron chi connectivity index (χ2n) is 1.92. The van der Waals surface area contributed by atoms with Gasteiger partial charge in [0.05, 0.1) is 0 Å². The van der Waals surface area contributed by atoms with E-state index in [0.29, 0.717) is 15.2 Å². The Balaban J connectivity index is 0.00000121. The summed E-state index contributed by atoms with van der Waals surface area (Å²) < 4.78 is 1.11. The van der Waals surface area contributed by atoms with Crippen LogP contribution in [0.5, 0.6) is 5.75 Å². The van der Waals surface area contributed by atoms with Crippen molar-refractivity contribution in [2.45, 2.75) is 0 Å². The van der Waals surface area contributed by atoms with Gasteiger partial charge in [0.15, 0.2) is 0 Å². The fraction of sp³-hybridized carbons (Fsp3) is 0. The van der Waals surface area contributed by atoms with Gasteiger partial charge in [-0.15, -0.1) is 0 Å². The van der Waals surface area contributed by atoms with Crippen molar-refractivity contribution in [1.82, 2.24) is 0 Å². The van der Waals surface area contributed by atoms with Gasteiger partial charge in [0.2, 0.25) is 0 Å². The molecule has 0 bridgehead atoms. The maximum absolute atomic E-state index is 11.1. The summed E-state index contributed by atoms with van der Waals surface area (Å²) in [6.45, 7) is 0. The van der Waals surface area contributed by atoms with Crippen LogP contribution < -0.4 is 24.0 Å². The first kappa shape index (κ1) is 12.2. The molecule has 58 valence electrons. The van der Waals surface area contributed by atoms with Crippen LogP contribution in [0.25, 0.3) is 0 Å². The molecule has 0 saturated carbocycles. The van der Waals surface area contributed by atoms with Crippen molar-refractivity contribution in [1.29, 1.82) is 0 Å². The van der Waals surface area contributed by atoms with Gasteiger partial charge in [-0.3, -0.25) is 4.79 Å². The Labute approximate surface area is 98.8 Å². The summed E-state index contributed by atoms with van der Waals surface area (Å²) in [5.41, 5.74) is 0.159. The predicted octanol–water partition coefficient (Wildman–Crippen LogP) is -0.898. The Morgan fingerprint density at radius 3 is 2.42 bits per heavy atom. The van der Waals surface area contributed by atoms with Crippen LogP contribution in [0.15, 0.2) is 21.1 Å². The summed E-state index contributed by atoms with van der Waals surface area (Å²) in [5, 5.41) is 11.1. The first-order chi connectivity index (χ1) is 5.15. The summed E-state index contributed by atoms with van der Waals surface area (Å²) in [5.74, 6) is -0.275. The minimum absolute atomic E-state index is 0. The monoisotopic (exact) mass is 284 g/mol. The van der Waals surface area contributed by atoms with E-state index in [2.05, 4.69) is 31.9 Å². The van der Waals surface area contributed by atoms with Crippen molar-refractivity contribution < 1.29 is 28.8 Å². The quantitative estimate of drug-likeness (QED) is 0.496. The fourth-order valence-electron chi connectivity index (χ4n) is 0.668. The maximum Gasteiger partial charge on any atom is 1.00 e. The molecule has 0 radical (unpaired) electrons. The summed E-state index contributed by atoms with van der Waals surface area (Å²) >= 11 is 6.20. The Bertz CT molecular complexity index is 302. The molecule has 2 nitrogen and oxygen atoms in total.